The van der Waals surface area contributed by atoms with Crippen LogP contribution in [-0.4, -0.2) is 24.0 Å². The van der Waals surface area contributed by atoms with Gasteiger partial charge >= 0.3 is 0 Å². The van der Waals surface area contributed by atoms with Gasteiger partial charge in [0.25, 0.3) is 0 Å². The van der Waals surface area contributed by atoms with E-state index in [1.807, 2.05) is 6.07 Å². The summed E-state index contributed by atoms with van der Waals surface area (Å²) in [5.74, 6) is 0.842. The lowest BCUT2D eigenvalue weighted by atomic mass is 9.96. The molecule has 0 saturated heterocycles. The highest BCUT2D eigenvalue weighted by Gasteiger charge is 2.43. The van der Waals surface area contributed by atoms with Crippen molar-refractivity contribution in [1.29, 1.82) is 0 Å². The Morgan fingerprint density at radius 1 is 1.17 bits per heavy atom. The lowest BCUT2D eigenvalue weighted by Crippen LogP contribution is -2.41. The van der Waals surface area contributed by atoms with Gasteiger partial charge < -0.3 is 10.6 Å². The van der Waals surface area contributed by atoms with E-state index in [-0.39, 0.29) is 5.41 Å². The monoisotopic (exact) mass is 342 g/mol. The van der Waals surface area contributed by atoms with E-state index in [0.29, 0.717) is 11.7 Å². The third-order valence-corrected chi connectivity index (χ3v) is 4.61. The van der Waals surface area contributed by atoms with E-state index < -0.39 is 0 Å². The molecule has 5 heteroatoms. The minimum Gasteiger partial charge on any atom is -0.357 e. The Morgan fingerprint density at radius 3 is 2.58 bits per heavy atom. The summed E-state index contributed by atoms with van der Waals surface area (Å²) >= 11 is 5.82. The summed E-state index contributed by atoms with van der Waals surface area (Å²) in [6, 6.07) is 14.5. The average molecular weight is 343 g/mol. The molecular formula is C19H23ClN4. The molecule has 0 amide bonds. The van der Waals surface area contributed by atoms with Crippen LogP contribution in [0.3, 0.4) is 0 Å². The van der Waals surface area contributed by atoms with E-state index in [4.69, 9.17) is 11.6 Å². The fourth-order valence-electron chi connectivity index (χ4n) is 2.78. The third-order valence-electron chi connectivity index (χ3n) is 4.39. The lowest BCUT2D eigenvalue weighted by molar-refractivity contribution is 0.646. The second-order valence-electron chi connectivity index (χ2n) is 6.18. The Balaban J connectivity index is 1.62. The number of guanidine groups is 1. The number of benzene rings is 1. The van der Waals surface area contributed by atoms with Crippen molar-refractivity contribution in [2.45, 2.75) is 31.7 Å². The Hall–Kier alpha value is -2.07. The van der Waals surface area contributed by atoms with E-state index in [0.717, 1.165) is 24.6 Å². The van der Waals surface area contributed by atoms with Gasteiger partial charge in [-0.05, 0) is 37.0 Å². The van der Waals surface area contributed by atoms with Crippen molar-refractivity contribution in [3.63, 3.8) is 0 Å². The first-order chi connectivity index (χ1) is 11.7. The molecule has 126 valence electrons. The molecule has 4 nitrogen and oxygen atoms in total. The van der Waals surface area contributed by atoms with Gasteiger partial charge in [0.1, 0.15) is 5.15 Å². The first-order valence-electron chi connectivity index (χ1n) is 8.40. The van der Waals surface area contributed by atoms with Crippen LogP contribution in [0.1, 0.15) is 30.9 Å². The molecule has 0 bridgehead atoms. The Kier molecular flexibility index (Phi) is 5.36. The van der Waals surface area contributed by atoms with E-state index in [9.17, 15) is 0 Å². The maximum absolute atomic E-state index is 5.82. The van der Waals surface area contributed by atoms with Crippen LogP contribution in [0.2, 0.25) is 5.15 Å². The summed E-state index contributed by atoms with van der Waals surface area (Å²) in [7, 11) is 0. The van der Waals surface area contributed by atoms with Gasteiger partial charge in [-0.2, -0.15) is 0 Å². The van der Waals surface area contributed by atoms with E-state index in [1.54, 1.807) is 12.3 Å². The van der Waals surface area contributed by atoms with Crippen molar-refractivity contribution < 1.29 is 0 Å². The largest absolute Gasteiger partial charge is 0.357 e. The molecule has 0 spiro atoms. The van der Waals surface area contributed by atoms with Crippen molar-refractivity contribution in [3.8, 4) is 0 Å². The number of pyridine rings is 1. The van der Waals surface area contributed by atoms with Gasteiger partial charge in [-0.25, -0.2) is 9.98 Å². The lowest BCUT2D eigenvalue weighted by Gasteiger charge is -2.19. The van der Waals surface area contributed by atoms with Gasteiger partial charge in [0.05, 0.1) is 6.54 Å². The van der Waals surface area contributed by atoms with Crippen LogP contribution < -0.4 is 10.6 Å². The maximum atomic E-state index is 5.82. The second-order valence-corrected chi connectivity index (χ2v) is 6.57. The first-order valence-corrected chi connectivity index (χ1v) is 8.78. The summed E-state index contributed by atoms with van der Waals surface area (Å²) in [4.78, 5) is 8.74. The smallest absolute Gasteiger partial charge is 0.191 e. The van der Waals surface area contributed by atoms with Crippen LogP contribution in [0, 0.1) is 0 Å². The quantitative estimate of drug-likeness (QED) is 0.479. The van der Waals surface area contributed by atoms with Gasteiger partial charge in [-0.1, -0.05) is 48.0 Å². The molecule has 24 heavy (non-hydrogen) atoms. The highest BCUT2D eigenvalue weighted by molar-refractivity contribution is 6.29. The number of aromatic nitrogens is 1. The second kappa shape index (κ2) is 7.67. The number of aliphatic imine (C=N–C) groups is 1. The van der Waals surface area contributed by atoms with Crippen molar-refractivity contribution >= 4 is 17.6 Å². The molecule has 3 rings (SSSR count). The van der Waals surface area contributed by atoms with Gasteiger partial charge in [-0.3, -0.25) is 0 Å². The van der Waals surface area contributed by atoms with E-state index in [1.165, 1.54) is 18.4 Å². The number of hydrogen-bond donors (Lipinski definition) is 2. The van der Waals surface area contributed by atoms with E-state index >= 15 is 0 Å². The molecule has 0 radical (unpaired) electrons. The molecule has 1 fully saturated rings. The zero-order valence-corrected chi connectivity index (χ0v) is 14.7. The van der Waals surface area contributed by atoms with Crippen molar-refractivity contribution in [2.24, 2.45) is 4.99 Å². The molecule has 0 aliphatic heterocycles. The normalized spacial score (nSPS) is 15.8. The van der Waals surface area contributed by atoms with Crippen LogP contribution in [0.5, 0.6) is 0 Å². The molecule has 1 aromatic carbocycles. The Morgan fingerprint density at radius 2 is 1.96 bits per heavy atom. The summed E-state index contributed by atoms with van der Waals surface area (Å²) in [5.41, 5.74) is 2.72. The molecule has 1 saturated carbocycles. The summed E-state index contributed by atoms with van der Waals surface area (Å²) < 4.78 is 0. The minimum atomic E-state index is 0.263. The molecule has 1 heterocycles. The third kappa shape index (κ3) is 4.26. The van der Waals surface area contributed by atoms with E-state index in [2.05, 4.69) is 57.9 Å². The first kappa shape index (κ1) is 16.8. The molecule has 1 aliphatic rings. The number of nitrogens with zero attached hydrogens (tertiary/aromatic N) is 2. The topological polar surface area (TPSA) is 49.3 Å². The number of hydrogen-bond acceptors (Lipinski definition) is 2. The fourth-order valence-corrected chi connectivity index (χ4v) is 2.89. The van der Waals surface area contributed by atoms with Gasteiger partial charge in [0, 0.05) is 24.7 Å². The SMILES string of the molecule is CCNC(=NCc1ccc(Cl)nc1)NCC1(c2ccccc2)CC1. The van der Waals surface area contributed by atoms with Gasteiger partial charge in [0.2, 0.25) is 0 Å². The molecule has 2 aromatic rings. The van der Waals surface area contributed by atoms with Crippen molar-refractivity contribution in [1.82, 2.24) is 15.6 Å². The molecule has 1 aromatic heterocycles. The molecule has 0 unspecified atom stereocenters. The van der Waals surface area contributed by atoms with Crippen molar-refractivity contribution in [3.05, 3.63) is 64.9 Å². The number of halogens is 1. The van der Waals surface area contributed by atoms with Crippen LogP contribution in [0.15, 0.2) is 53.7 Å². The molecule has 2 N–H and O–H groups in total. The molecule has 0 atom stereocenters. The van der Waals surface area contributed by atoms with Crippen LogP contribution in [0.4, 0.5) is 0 Å². The standard InChI is InChI=1S/C19H23ClN4/c1-2-21-18(23-13-15-8-9-17(20)22-12-15)24-14-19(10-11-19)16-6-4-3-5-7-16/h3-9,12H,2,10-11,13-14H2,1H3,(H2,21,23,24). The van der Waals surface area contributed by atoms with Crippen molar-refractivity contribution in [2.75, 3.05) is 13.1 Å². The highest BCUT2D eigenvalue weighted by atomic mass is 35.5. The fraction of sp³-hybridized carbons (Fsp3) is 0.368. The van der Waals surface area contributed by atoms with Crippen LogP contribution in [0.25, 0.3) is 0 Å². The van der Waals surface area contributed by atoms with Crippen LogP contribution in [-0.2, 0) is 12.0 Å². The van der Waals surface area contributed by atoms with Crippen LogP contribution >= 0.6 is 11.6 Å². The summed E-state index contributed by atoms with van der Waals surface area (Å²) in [6.07, 6.45) is 4.22. The average Bonchev–Trinajstić information content (AvgIpc) is 3.41. The van der Waals surface area contributed by atoms with Gasteiger partial charge in [-0.15, -0.1) is 0 Å². The zero-order chi connectivity index (χ0) is 16.8. The summed E-state index contributed by atoms with van der Waals surface area (Å²) in [6.45, 7) is 4.40. The zero-order valence-electron chi connectivity index (χ0n) is 13.9. The molecular weight excluding hydrogens is 320 g/mol. The maximum Gasteiger partial charge on any atom is 0.191 e. The van der Waals surface area contributed by atoms with Gasteiger partial charge in [0.15, 0.2) is 5.96 Å². The number of rotatable bonds is 6. The molecule has 1 aliphatic carbocycles. The predicted octanol–water partition coefficient (Wildman–Crippen LogP) is 3.52. The predicted molar refractivity (Wildman–Crippen MR) is 99.4 cm³/mol. The number of nitrogens with one attached hydrogen (secondary N) is 2. The minimum absolute atomic E-state index is 0.263. The summed E-state index contributed by atoms with van der Waals surface area (Å²) in [5, 5.41) is 7.31. The Bertz CT molecular complexity index is 678. The highest BCUT2D eigenvalue weighted by Crippen LogP contribution is 2.47. The Labute approximate surface area is 148 Å².